The van der Waals surface area contributed by atoms with Crippen molar-refractivity contribution in [3.8, 4) is 0 Å². The van der Waals surface area contributed by atoms with Gasteiger partial charge in [0.15, 0.2) is 0 Å². The minimum atomic E-state index is -3.81. The van der Waals surface area contributed by atoms with Crippen molar-refractivity contribution in [3.63, 3.8) is 0 Å². The molecule has 0 saturated carbocycles. The summed E-state index contributed by atoms with van der Waals surface area (Å²) in [5.41, 5.74) is 10.9. The normalized spacial score (nSPS) is 11.5. The molecule has 0 radical (unpaired) electrons. The Morgan fingerprint density at radius 1 is 1.43 bits per heavy atom. The zero-order valence-corrected chi connectivity index (χ0v) is 12.1. The number of imidazole rings is 1. The van der Waals surface area contributed by atoms with E-state index in [1.165, 1.54) is 18.2 Å². The number of hydrogen-bond donors (Lipinski definition) is 3. The zero-order chi connectivity index (χ0) is 15.6. The van der Waals surface area contributed by atoms with E-state index in [0.29, 0.717) is 5.82 Å². The van der Waals surface area contributed by atoms with Crippen molar-refractivity contribution in [1.82, 2.24) is 14.3 Å². The summed E-state index contributed by atoms with van der Waals surface area (Å²) in [5, 5.41) is 0. The molecule has 0 bridgehead atoms. The quantitative estimate of drug-likeness (QED) is 0.645. The van der Waals surface area contributed by atoms with Crippen LogP contribution in [0, 0.1) is 0 Å². The van der Waals surface area contributed by atoms with Crippen LogP contribution in [0.4, 0.5) is 5.69 Å². The third-order valence-corrected chi connectivity index (χ3v) is 4.40. The van der Waals surface area contributed by atoms with Gasteiger partial charge in [-0.1, -0.05) is 0 Å². The average Bonchev–Trinajstić information content (AvgIpc) is 2.81. The SMILES string of the molecule is Cn1ccnc1CNS(=O)(=O)c1ccc(C(N)=O)cc1N. The number of nitrogens with two attached hydrogens (primary N) is 2. The summed E-state index contributed by atoms with van der Waals surface area (Å²) >= 11 is 0. The number of benzene rings is 1. The molecule has 2 aromatic rings. The zero-order valence-electron chi connectivity index (χ0n) is 11.3. The molecule has 112 valence electrons. The number of primary amides is 1. The van der Waals surface area contributed by atoms with Gasteiger partial charge in [-0.15, -0.1) is 0 Å². The van der Waals surface area contributed by atoms with E-state index in [1.54, 1.807) is 24.0 Å². The molecule has 0 atom stereocenters. The van der Waals surface area contributed by atoms with E-state index >= 15 is 0 Å². The Labute approximate surface area is 121 Å². The minimum absolute atomic E-state index is 0.0306. The maximum atomic E-state index is 12.2. The molecular weight excluding hydrogens is 294 g/mol. The number of rotatable bonds is 5. The molecule has 2 rings (SSSR count). The molecule has 1 amide bonds. The maximum absolute atomic E-state index is 12.2. The van der Waals surface area contributed by atoms with E-state index < -0.39 is 15.9 Å². The smallest absolute Gasteiger partial charge is 0.248 e. The number of hydrogen-bond acceptors (Lipinski definition) is 5. The molecule has 9 heteroatoms. The number of nitrogen functional groups attached to an aromatic ring is 1. The number of amides is 1. The van der Waals surface area contributed by atoms with Crippen LogP contribution in [-0.4, -0.2) is 23.9 Å². The molecule has 5 N–H and O–H groups in total. The molecule has 0 aliphatic heterocycles. The van der Waals surface area contributed by atoms with Crippen LogP contribution in [0.25, 0.3) is 0 Å². The van der Waals surface area contributed by atoms with Gasteiger partial charge in [0.05, 0.1) is 12.2 Å². The van der Waals surface area contributed by atoms with Gasteiger partial charge < -0.3 is 16.0 Å². The molecule has 0 spiro atoms. The Bertz CT molecular complexity index is 782. The summed E-state index contributed by atoms with van der Waals surface area (Å²) < 4.78 is 28.5. The van der Waals surface area contributed by atoms with Crippen LogP contribution in [0.3, 0.4) is 0 Å². The number of anilines is 1. The first-order valence-electron chi connectivity index (χ1n) is 5.96. The summed E-state index contributed by atoms with van der Waals surface area (Å²) in [5.74, 6) is -0.113. The highest BCUT2D eigenvalue weighted by Gasteiger charge is 2.19. The molecule has 0 fully saturated rings. The van der Waals surface area contributed by atoms with Gasteiger partial charge in [0.1, 0.15) is 10.7 Å². The van der Waals surface area contributed by atoms with Crippen molar-refractivity contribution in [3.05, 3.63) is 42.0 Å². The van der Waals surface area contributed by atoms with Gasteiger partial charge in [0.25, 0.3) is 0 Å². The van der Waals surface area contributed by atoms with Gasteiger partial charge in [-0.3, -0.25) is 4.79 Å². The Morgan fingerprint density at radius 3 is 2.67 bits per heavy atom. The topological polar surface area (TPSA) is 133 Å². The van der Waals surface area contributed by atoms with E-state index in [1.807, 2.05) is 0 Å². The van der Waals surface area contributed by atoms with Gasteiger partial charge in [0.2, 0.25) is 15.9 Å². The second kappa shape index (κ2) is 5.54. The lowest BCUT2D eigenvalue weighted by Crippen LogP contribution is -2.25. The molecule has 1 aromatic heterocycles. The third-order valence-electron chi connectivity index (χ3n) is 2.93. The Balaban J connectivity index is 2.23. The number of carbonyl (C=O) groups is 1. The van der Waals surface area contributed by atoms with Crippen molar-refractivity contribution < 1.29 is 13.2 Å². The molecule has 0 aliphatic rings. The number of carbonyl (C=O) groups excluding carboxylic acids is 1. The highest BCUT2D eigenvalue weighted by atomic mass is 32.2. The molecule has 8 nitrogen and oxygen atoms in total. The molecule has 1 aromatic carbocycles. The fourth-order valence-electron chi connectivity index (χ4n) is 1.75. The van der Waals surface area contributed by atoms with Gasteiger partial charge in [-0.25, -0.2) is 18.1 Å². The predicted molar refractivity (Wildman–Crippen MR) is 76.6 cm³/mol. The van der Waals surface area contributed by atoms with Crippen LogP contribution in [-0.2, 0) is 23.6 Å². The van der Waals surface area contributed by atoms with Crippen molar-refractivity contribution in [2.24, 2.45) is 12.8 Å². The summed E-state index contributed by atoms with van der Waals surface area (Å²) in [6, 6.07) is 3.79. The van der Waals surface area contributed by atoms with E-state index in [-0.39, 0.29) is 22.7 Å². The number of nitrogens with one attached hydrogen (secondary N) is 1. The van der Waals surface area contributed by atoms with Gasteiger partial charge in [-0.05, 0) is 18.2 Å². The number of aromatic nitrogens is 2. The van der Waals surface area contributed by atoms with E-state index in [2.05, 4.69) is 9.71 Å². The Kier molecular flexibility index (Phi) is 3.96. The van der Waals surface area contributed by atoms with Crippen LogP contribution >= 0.6 is 0 Å². The molecular formula is C12H15N5O3S. The van der Waals surface area contributed by atoms with Gasteiger partial charge in [0, 0.05) is 25.0 Å². The van der Waals surface area contributed by atoms with Crippen molar-refractivity contribution in [2.75, 3.05) is 5.73 Å². The van der Waals surface area contributed by atoms with Crippen LogP contribution in [0.5, 0.6) is 0 Å². The number of nitrogens with zero attached hydrogens (tertiary/aromatic N) is 2. The molecule has 0 aliphatic carbocycles. The Hall–Kier alpha value is -2.39. The van der Waals surface area contributed by atoms with Crippen LogP contribution in [0.1, 0.15) is 16.2 Å². The van der Waals surface area contributed by atoms with Crippen molar-refractivity contribution in [2.45, 2.75) is 11.4 Å². The number of aryl methyl sites for hydroxylation is 1. The minimum Gasteiger partial charge on any atom is -0.398 e. The predicted octanol–water partition coefficient (Wildman–Crippen LogP) is -0.420. The molecule has 0 saturated heterocycles. The van der Waals surface area contributed by atoms with Crippen LogP contribution in [0.15, 0.2) is 35.5 Å². The monoisotopic (exact) mass is 309 g/mol. The second-order valence-corrected chi connectivity index (χ2v) is 6.13. The lowest BCUT2D eigenvalue weighted by atomic mass is 10.2. The first-order chi connectivity index (χ1) is 9.81. The summed E-state index contributed by atoms with van der Waals surface area (Å²) in [6.07, 6.45) is 3.28. The lowest BCUT2D eigenvalue weighted by Gasteiger charge is -2.10. The lowest BCUT2D eigenvalue weighted by molar-refractivity contribution is 0.1000. The summed E-state index contributed by atoms with van der Waals surface area (Å²) in [4.78, 5) is 14.9. The van der Waals surface area contributed by atoms with Crippen LogP contribution in [0.2, 0.25) is 0 Å². The highest BCUT2D eigenvalue weighted by Crippen LogP contribution is 2.19. The fraction of sp³-hybridized carbons (Fsp3) is 0.167. The van der Waals surface area contributed by atoms with E-state index in [0.717, 1.165) is 0 Å². The standard InChI is InChI=1S/C12H15N5O3S/c1-17-5-4-15-11(17)7-16-21(19,20)10-3-2-8(12(14)18)6-9(10)13/h2-6,16H,7,13H2,1H3,(H2,14,18). The fourth-order valence-corrected chi connectivity index (χ4v) is 2.84. The van der Waals surface area contributed by atoms with Gasteiger partial charge >= 0.3 is 0 Å². The highest BCUT2D eigenvalue weighted by molar-refractivity contribution is 7.89. The Morgan fingerprint density at radius 2 is 2.14 bits per heavy atom. The van der Waals surface area contributed by atoms with Crippen molar-refractivity contribution in [1.29, 1.82) is 0 Å². The summed E-state index contributed by atoms with van der Waals surface area (Å²) in [7, 11) is -2.05. The summed E-state index contributed by atoms with van der Waals surface area (Å²) in [6.45, 7) is 0.0306. The number of sulfonamides is 1. The van der Waals surface area contributed by atoms with E-state index in [9.17, 15) is 13.2 Å². The van der Waals surface area contributed by atoms with Crippen LogP contribution < -0.4 is 16.2 Å². The van der Waals surface area contributed by atoms with E-state index in [4.69, 9.17) is 11.5 Å². The maximum Gasteiger partial charge on any atom is 0.248 e. The first kappa shape index (κ1) is 15.0. The van der Waals surface area contributed by atoms with Crippen molar-refractivity contribution >= 4 is 21.6 Å². The first-order valence-corrected chi connectivity index (χ1v) is 7.45. The second-order valence-electron chi connectivity index (χ2n) is 4.40. The molecule has 0 unspecified atom stereocenters. The van der Waals surface area contributed by atoms with Gasteiger partial charge in [-0.2, -0.15) is 0 Å². The average molecular weight is 309 g/mol. The largest absolute Gasteiger partial charge is 0.398 e. The molecule has 21 heavy (non-hydrogen) atoms. The third kappa shape index (κ3) is 3.20. The molecule has 1 heterocycles.